The third-order valence-electron chi connectivity index (χ3n) is 5.46. The Morgan fingerprint density at radius 3 is 2.42 bits per heavy atom. The molecule has 0 spiro atoms. The second kappa shape index (κ2) is 9.05. The van der Waals surface area contributed by atoms with Crippen LogP contribution in [0.25, 0.3) is 0 Å². The zero-order valence-corrected chi connectivity index (χ0v) is 17.1. The first-order chi connectivity index (χ1) is 12.5. The Hall–Kier alpha value is -1.33. The van der Waals surface area contributed by atoms with Crippen molar-refractivity contribution >= 4 is 23.0 Å². The maximum atomic E-state index is 5.56. The second-order valence-corrected chi connectivity index (χ2v) is 8.46. The fraction of sp³-hybridized carbons (Fsp3) is 0.667. The molecule has 3 rings (SSSR count). The maximum absolute atomic E-state index is 5.56. The number of piperidine rings is 2. The van der Waals surface area contributed by atoms with Crippen molar-refractivity contribution in [3.8, 4) is 5.75 Å². The number of rotatable bonds is 6. The van der Waals surface area contributed by atoms with Gasteiger partial charge in [-0.3, -0.25) is 4.90 Å². The molecule has 1 aromatic rings. The predicted molar refractivity (Wildman–Crippen MR) is 113 cm³/mol. The van der Waals surface area contributed by atoms with E-state index in [9.17, 15) is 0 Å². The molecule has 2 atom stereocenters. The van der Waals surface area contributed by atoms with Crippen molar-refractivity contribution in [2.45, 2.75) is 71.0 Å². The largest absolute Gasteiger partial charge is 0.494 e. The van der Waals surface area contributed by atoms with Gasteiger partial charge in [0.25, 0.3) is 0 Å². The summed E-state index contributed by atoms with van der Waals surface area (Å²) in [5.41, 5.74) is 1.00. The van der Waals surface area contributed by atoms with Gasteiger partial charge in [0.1, 0.15) is 5.75 Å². The molecule has 144 valence electrons. The highest BCUT2D eigenvalue weighted by Gasteiger charge is 2.38. The van der Waals surface area contributed by atoms with Crippen LogP contribution in [0.1, 0.15) is 52.9 Å². The SMILES string of the molecule is CCOc1ccc(NC(=S)NC2CC3CCCC(C2)N3CC(C)C)cc1. The van der Waals surface area contributed by atoms with Gasteiger partial charge in [-0.05, 0) is 75.0 Å². The first-order valence-corrected chi connectivity index (χ1v) is 10.5. The first-order valence-electron chi connectivity index (χ1n) is 10.1. The Labute approximate surface area is 163 Å². The van der Waals surface area contributed by atoms with Crippen molar-refractivity contribution in [3.05, 3.63) is 24.3 Å². The number of nitrogens with one attached hydrogen (secondary N) is 2. The normalized spacial score (nSPS) is 25.8. The monoisotopic (exact) mass is 375 g/mol. The number of hydrogen-bond donors (Lipinski definition) is 2. The standard InChI is InChI=1S/C21H33N3OS/c1-4-25-20-10-8-16(9-11-20)22-21(26)23-17-12-18-6-5-7-19(13-17)24(18)14-15(2)3/h8-11,15,17-19H,4-7,12-14H2,1-3H3,(H2,22,23,26). The number of hydrogen-bond acceptors (Lipinski definition) is 3. The second-order valence-electron chi connectivity index (χ2n) is 8.05. The summed E-state index contributed by atoms with van der Waals surface area (Å²) >= 11 is 5.56. The van der Waals surface area contributed by atoms with Crippen LogP contribution in [-0.4, -0.2) is 41.3 Å². The van der Waals surface area contributed by atoms with E-state index in [1.54, 1.807) is 0 Å². The molecule has 1 aromatic carbocycles. The molecular weight excluding hydrogens is 342 g/mol. The highest BCUT2D eigenvalue weighted by molar-refractivity contribution is 7.80. The average molecular weight is 376 g/mol. The van der Waals surface area contributed by atoms with E-state index in [0.29, 0.717) is 12.6 Å². The Bertz CT molecular complexity index is 575. The molecule has 0 amide bonds. The molecule has 2 bridgehead atoms. The maximum Gasteiger partial charge on any atom is 0.170 e. The number of nitrogens with zero attached hydrogens (tertiary/aromatic N) is 1. The van der Waals surface area contributed by atoms with Gasteiger partial charge < -0.3 is 15.4 Å². The highest BCUT2D eigenvalue weighted by Crippen LogP contribution is 2.34. The van der Waals surface area contributed by atoms with Crippen LogP contribution in [0.5, 0.6) is 5.75 Å². The minimum Gasteiger partial charge on any atom is -0.494 e. The minimum atomic E-state index is 0.483. The van der Waals surface area contributed by atoms with Crippen LogP contribution in [0, 0.1) is 5.92 Å². The topological polar surface area (TPSA) is 36.5 Å². The van der Waals surface area contributed by atoms with Crippen molar-refractivity contribution in [3.63, 3.8) is 0 Å². The smallest absolute Gasteiger partial charge is 0.170 e. The summed E-state index contributed by atoms with van der Waals surface area (Å²) in [6.45, 7) is 8.57. The molecule has 26 heavy (non-hydrogen) atoms. The fourth-order valence-corrected chi connectivity index (χ4v) is 4.75. The molecule has 2 aliphatic rings. The van der Waals surface area contributed by atoms with Gasteiger partial charge >= 0.3 is 0 Å². The molecule has 2 aliphatic heterocycles. The Morgan fingerprint density at radius 1 is 1.19 bits per heavy atom. The third kappa shape index (κ3) is 5.10. The first kappa shape index (κ1) is 19.4. The Kier molecular flexibility index (Phi) is 6.76. The van der Waals surface area contributed by atoms with Crippen molar-refractivity contribution in [1.29, 1.82) is 0 Å². The van der Waals surface area contributed by atoms with Crippen LogP contribution in [0.15, 0.2) is 24.3 Å². The molecule has 2 fully saturated rings. The molecule has 4 nitrogen and oxygen atoms in total. The van der Waals surface area contributed by atoms with E-state index in [4.69, 9.17) is 17.0 Å². The molecule has 0 aromatic heterocycles. The summed E-state index contributed by atoms with van der Waals surface area (Å²) in [6.07, 6.45) is 6.45. The van der Waals surface area contributed by atoms with Crippen molar-refractivity contribution in [2.24, 2.45) is 5.92 Å². The molecule has 2 saturated heterocycles. The third-order valence-corrected chi connectivity index (χ3v) is 5.68. The summed E-state index contributed by atoms with van der Waals surface area (Å²) in [7, 11) is 0. The average Bonchev–Trinajstić information content (AvgIpc) is 2.57. The van der Waals surface area contributed by atoms with Gasteiger partial charge in [0.05, 0.1) is 6.61 Å². The van der Waals surface area contributed by atoms with Crippen LogP contribution >= 0.6 is 12.2 Å². The minimum absolute atomic E-state index is 0.483. The summed E-state index contributed by atoms with van der Waals surface area (Å²) in [5.74, 6) is 1.63. The van der Waals surface area contributed by atoms with Crippen LogP contribution in [0.4, 0.5) is 5.69 Å². The van der Waals surface area contributed by atoms with Crippen LogP contribution in [0.3, 0.4) is 0 Å². The van der Waals surface area contributed by atoms with Gasteiger partial charge in [0.15, 0.2) is 5.11 Å². The lowest BCUT2D eigenvalue weighted by Gasteiger charge is -2.49. The molecule has 0 radical (unpaired) electrons. The highest BCUT2D eigenvalue weighted by atomic mass is 32.1. The summed E-state index contributed by atoms with van der Waals surface area (Å²) in [4.78, 5) is 2.77. The van der Waals surface area contributed by atoms with Crippen LogP contribution in [0.2, 0.25) is 0 Å². The molecular formula is C21H33N3OS. The molecule has 0 aliphatic carbocycles. The molecule has 5 heteroatoms. The lowest BCUT2D eigenvalue weighted by atomic mass is 9.81. The van der Waals surface area contributed by atoms with Gasteiger partial charge in [-0.1, -0.05) is 20.3 Å². The quantitative estimate of drug-likeness (QED) is 0.720. The van der Waals surface area contributed by atoms with Crippen molar-refractivity contribution < 1.29 is 4.74 Å². The zero-order chi connectivity index (χ0) is 18.5. The van der Waals surface area contributed by atoms with E-state index in [1.165, 1.54) is 38.6 Å². The van der Waals surface area contributed by atoms with Gasteiger partial charge in [-0.15, -0.1) is 0 Å². The number of thiocarbonyl (C=S) groups is 1. The lowest BCUT2D eigenvalue weighted by molar-refractivity contribution is 0.0191. The van der Waals surface area contributed by atoms with Gasteiger partial charge in [-0.25, -0.2) is 0 Å². The molecule has 2 unspecified atom stereocenters. The van der Waals surface area contributed by atoms with E-state index in [1.807, 2.05) is 31.2 Å². The summed E-state index contributed by atoms with van der Waals surface area (Å²) in [5, 5.41) is 7.62. The summed E-state index contributed by atoms with van der Waals surface area (Å²) < 4.78 is 5.49. The number of anilines is 1. The number of ether oxygens (including phenoxy) is 1. The fourth-order valence-electron chi connectivity index (χ4n) is 4.47. The van der Waals surface area contributed by atoms with E-state index < -0.39 is 0 Å². The van der Waals surface area contributed by atoms with E-state index >= 15 is 0 Å². The van der Waals surface area contributed by atoms with E-state index in [-0.39, 0.29) is 0 Å². The Balaban J connectivity index is 1.52. The van der Waals surface area contributed by atoms with Gasteiger partial charge in [-0.2, -0.15) is 0 Å². The molecule has 2 N–H and O–H groups in total. The van der Waals surface area contributed by atoms with Crippen LogP contribution in [-0.2, 0) is 0 Å². The molecule has 2 heterocycles. The van der Waals surface area contributed by atoms with Crippen LogP contribution < -0.4 is 15.4 Å². The predicted octanol–water partition coefficient (Wildman–Crippen LogP) is 4.41. The lowest BCUT2D eigenvalue weighted by Crippen LogP contribution is -2.58. The van der Waals surface area contributed by atoms with Gasteiger partial charge in [0, 0.05) is 30.4 Å². The number of benzene rings is 1. The van der Waals surface area contributed by atoms with Crippen molar-refractivity contribution in [1.82, 2.24) is 10.2 Å². The van der Waals surface area contributed by atoms with E-state index in [0.717, 1.165) is 34.6 Å². The summed E-state index contributed by atoms with van der Waals surface area (Å²) in [6, 6.07) is 9.90. The van der Waals surface area contributed by atoms with E-state index in [2.05, 4.69) is 29.4 Å². The Morgan fingerprint density at radius 2 is 1.85 bits per heavy atom. The van der Waals surface area contributed by atoms with Gasteiger partial charge in [0.2, 0.25) is 0 Å². The number of fused-ring (bicyclic) bond motifs is 2. The van der Waals surface area contributed by atoms with Crippen molar-refractivity contribution in [2.75, 3.05) is 18.5 Å². The molecule has 0 saturated carbocycles. The zero-order valence-electron chi connectivity index (χ0n) is 16.3.